The van der Waals surface area contributed by atoms with Gasteiger partial charge in [-0.3, -0.25) is 0 Å². The lowest BCUT2D eigenvalue weighted by atomic mass is 9.37. The molecule has 0 N–H and O–H groups in total. The molecule has 0 fully saturated rings. The zero-order valence-corrected chi connectivity index (χ0v) is 24.1. The number of allylic oxidation sites excluding steroid dienone is 7. The van der Waals surface area contributed by atoms with Gasteiger partial charge in [-0.25, -0.2) is 0 Å². The standard InChI is InChI=1S/C42H26BN/c1-2-8-28-22-36-35(21-27(28)7-1)34-13-6-14-38-42(34)43(36)37-23-29-9-3-4-10-30(29)24-39(37)44(38)33-19-31-17-15-25-11-5-12-26-16-18-32(20-33)41(31)40(25)26/h1-17,19-24,40H,18H2. The summed E-state index contributed by atoms with van der Waals surface area (Å²) >= 11 is 0. The normalized spacial score (nSPS) is 17.7. The van der Waals surface area contributed by atoms with Crippen molar-refractivity contribution < 1.29 is 0 Å². The fraction of sp³-hybridized carbons (Fsp3) is 0.0476. The Morgan fingerprint density at radius 3 is 2.23 bits per heavy atom. The van der Waals surface area contributed by atoms with Crippen molar-refractivity contribution in [3.8, 4) is 11.1 Å². The third-order valence-corrected chi connectivity index (χ3v) is 10.7. The van der Waals surface area contributed by atoms with E-state index in [9.17, 15) is 0 Å². The Balaban J connectivity index is 1.21. The molecule has 6 aromatic carbocycles. The number of fused-ring (bicyclic) bond motifs is 7. The molecule has 0 saturated heterocycles. The highest BCUT2D eigenvalue weighted by Crippen LogP contribution is 2.49. The average Bonchev–Trinajstić information content (AvgIpc) is 3.39. The molecule has 0 amide bonds. The Morgan fingerprint density at radius 1 is 0.614 bits per heavy atom. The van der Waals surface area contributed by atoms with Crippen LogP contribution in [0.15, 0.2) is 145 Å². The van der Waals surface area contributed by atoms with Crippen molar-refractivity contribution in [2.24, 2.45) is 0 Å². The third kappa shape index (κ3) is 2.91. The van der Waals surface area contributed by atoms with Crippen LogP contribution in [-0.4, -0.2) is 6.71 Å². The van der Waals surface area contributed by atoms with Crippen LogP contribution in [0.3, 0.4) is 0 Å². The van der Waals surface area contributed by atoms with Crippen LogP contribution >= 0.6 is 0 Å². The van der Waals surface area contributed by atoms with E-state index in [1.165, 1.54) is 94.0 Å². The van der Waals surface area contributed by atoms with Gasteiger partial charge in [-0.15, -0.1) is 0 Å². The van der Waals surface area contributed by atoms with Crippen molar-refractivity contribution in [3.63, 3.8) is 0 Å². The highest BCUT2D eigenvalue weighted by Gasteiger charge is 2.43. The minimum atomic E-state index is 0.208. The predicted molar refractivity (Wildman–Crippen MR) is 187 cm³/mol. The summed E-state index contributed by atoms with van der Waals surface area (Å²) in [6, 6.07) is 39.3. The Hall–Kier alpha value is -5.34. The third-order valence-electron chi connectivity index (χ3n) is 10.7. The summed E-state index contributed by atoms with van der Waals surface area (Å²) in [5.41, 5.74) is 18.0. The molecule has 2 heterocycles. The van der Waals surface area contributed by atoms with Crippen molar-refractivity contribution >= 4 is 67.8 Å². The molecule has 5 aliphatic rings. The van der Waals surface area contributed by atoms with Crippen molar-refractivity contribution in [3.05, 3.63) is 161 Å². The molecule has 2 heteroatoms. The minimum Gasteiger partial charge on any atom is -0.311 e. The van der Waals surface area contributed by atoms with Gasteiger partial charge >= 0.3 is 0 Å². The molecule has 0 spiro atoms. The van der Waals surface area contributed by atoms with Gasteiger partial charge in [0.25, 0.3) is 0 Å². The molecular weight excluding hydrogens is 529 g/mol. The smallest absolute Gasteiger partial charge is 0.248 e. The second-order valence-electron chi connectivity index (χ2n) is 12.9. The van der Waals surface area contributed by atoms with E-state index in [1.807, 2.05) is 0 Å². The van der Waals surface area contributed by atoms with Gasteiger partial charge in [-0.1, -0.05) is 115 Å². The Kier molecular flexibility index (Phi) is 4.31. The fourth-order valence-electron chi connectivity index (χ4n) is 8.82. The highest BCUT2D eigenvalue weighted by atomic mass is 15.2. The van der Waals surface area contributed by atoms with E-state index in [1.54, 1.807) is 0 Å². The molecular formula is C42H26BN. The van der Waals surface area contributed by atoms with Crippen molar-refractivity contribution in [2.45, 2.75) is 12.3 Å². The molecule has 2 aliphatic heterocycles. The van der Waals surface area contributed by atoms with E-state index >= 15 is 0 Å². The monoisotopic (exact) mass is 555 g/mol. The SMILES string of the molecule is C1=CC2=CCc3cc(N4c5cc6ccccc6cc5B5c6cc7ccccc7cc6-c6cccc4c65)cc4c3C2C(=C1)C=C4. The second kappa shape index (κ2) is 8.18. The van der Waals surface area contributed by atoms with Crippen molar-refractivity contribution in [1.82, 2.24) is 0 Å². The van der Waals surface area contributed by atoms with Gasteiger partial charge in [0.15, 0.2) is 0 Å². The second-order valence-corrected chi connectivity index (χ2v) is 12.9. The number of rotatable bonds is 1. The number of hydrogen-bond acceptors (Lipinski definition) is 1. The van der Waals surface area contributed by atoms with Crippen LogP contribution in [0.1, 0.15) is 22.6 Å². The molecule has 44 heavy (non-hydrogen) atoms. The lowest BCUT2D eigenvalue weighted by molar-refractivity contribution is 0.892. The lowest BCUT2D eigenvalue weighted by Crippen LogP contribution is -2.54. The largest absolute Gasteiger partial charge is 0.311 e. The number of anilines is 3. The summed E-state index contributed by atoms with van der Waals surface area (Å²) in [6.45, 7) is 0.208. The average molecular weight is 555 g/mol. The summed E-state index contributed by atoms with van der Waals surface area (Å²) in [6.07, 6.45) is 14.9. The predicted octanol–water partition coefficient (Wildman–Crippen LogP) is 8.36. The van der Waals surface area contributed by atoms with E-state index < -0.39 is 0 Å². The highest BCUT2D eigenvalue weighted by molar-refractivity contribution is 7.01. The first-order chi connectivity index (χ1) is 21.8. The Labute approximate surface area is 256 Å². The molecule has 1 unspecified atom stereocenters. The van der Waals surface area contributed by atoms with E-state index in [0.717, 1.165) is 6.42 Å². The first-order valence-electron chi connectivity index (χ1n) is 15.7. The van der Waals surface area contributed by atoms with Gasteiger partial charge in [0.2, 0.25) is 6.71 Å². The van der Waals surface area contributed by atoms with Crippen molar-refractivity contribution in [1.29, 1.82) is 0 Å². The van der Waals surface area contributed by atoms with Crippen LogP contribution in [-0.2, 0) is 6.42 Å². The molecule has 11 rings (SSSR count). The summed E-state index contributed by atoms with van der Waals surface area (Å²) in [7, 11) is 0. The van der Waals surface area contributed by atoms with E-state index in [0.29, 0.717) is 5.92 Å². The molecule has 0 radical (unpaired) electrons. The molecule has 6 aromatic rings. The fourth-order valence-corrected chi connectivity index (χ4v) is 8.82. The van der Waals surface area contributed by atoms with Crippen LogP contribution in [0.2, 0.25) is 0 Å². The number of benzene rings is 6. The molecule has 0 bridgehead atoms. The number of nitrogens with zero attached hydrogens (tertiary/aromatic N) is 1. The van der Waals surface area contributed by atoms with E-state index in [2.05, 4.69) is 144 Å². The topological polar surface area (TPSA) is 3.24 Å². The first-order valence-corrected chi connectivity index (χ1v) is 15.7. The minimum absolute atomic E-state index is 0.208. The maximum Gasteiger partial charge on any atom is 0.248 e. The van der Waals surface area contributed by atoms with E-state index in [-0.39, 0.29) is 6.71 Å². The van der Waals surface area contributed by atoms with Crippen LogP contribution in [0.5, 0.6) is 0 Å². The van der Waals surface area contributed by atoms with Gasteiger partial charge in [0.1, 0.15) is 0 Å². The van der Waals surface area contributed by atoms with Gasteiger partial charge < -0.3 is 4.90 Å². The van der Waals surface area contributed by atoms with Crippen LogP contribution in [0, 0.1) is 0 Å². The maximum absolute atomic E-state index is 2.57. The molecule has 0 aromatic heterocycles. The summed E-state index contributed by atoms with van der Waals surface area (Å²) < 4.78 is 0. The van der Waals surface area contributed by atoms with Gasteiger partial charge in [-0.05, 0) is 108 Å². The van der Waals surface area contributed by atoms with Crippen molar-refractivity contribution in [2.75, 3.05) is 4.90 Å². The van der Waals surface area contributed by atoms with E-state index in [4.69, 9.17) is 0 Å². The Morgan fingerprint density at radius 2 is 1.39 bits per heavy atom. The number of hydrogen-bond donors (Lipinski definition) is 0. The molecule has 1 nitrogen and oxygen atoms in total. The summed E-state index contributed by atoms with van der Waals surface area (Å²) in [5, 5.41) is 5.19. The zero-order chi connectivity index (χ0) is 28.5. The molecule has 0 saturated carbocycles. The molecule has 202 valence electrons. The summed E-state index contributed by atoms with van der Waals surface area (Å²) in [4.78, 5) is 2.57. The maximum atomic E-state index is 2.57. The quantitative estimate of drug-likeness (QED) is 0.184. The van der Waals surface area contributed by atoms with Crippen LogP contribution < -0.4 is 21.3 Å². The van der Waals surface area contributed by atoms with Crippen LogP contribution in [0.4, 0.5) is 17.1 Å². The van der Waals surface area contributed by atoms with Gasteiger partial charge in [0.05, 0.1) is 0 Å². The molecule has 1 atom stereocenters. The lowest BCUT2D eigenvalue weighted by Gasteiger charge is -2.38. The van der Waals surface area contributed by atoms with Gasteiger partial charge in [-0.2, -0.15) is 0 Å². The summed E-state index contributed by atoms with van der Waals surface area (Å²) in [5.74, 6) is 0.365. The zero-order valence-electron chi connectivity index (χ0n) is 24.1. The molecule has 3 aliphatic carbocycles. The van der Waals surface area contributed by atoms with Crippen LogP contribution in [0.25, 0.3) is 38.7 Å². The first kappa shape index (κ1) is 23.2. The Bertz CT molecular complexity index is 2440. The van der Waals surface area contributed by atoms with Gasteiger partial charge in [0, 0.05) is 23.0 Å².